The van der Waals surface area contributed by atoms with Gasteiger partial charge in [0.05, 0.1) is 28.7 Å². The summed E-state index contributed by atoms with van der Waals surface area (Å²) in [7, 11) is 0. The highest BCUT2D eigenvalue weighted by Gasteiger charge is 2.23. The molecule has 2 aromatic carbocycles. The summed E-state index contributed by atoms with van der Waals surface area (Å²) in [5.41, 5.74) is 0.510. The normalized spacial score (nSPS) is 14.4. The number of morpholine rings is 1. The zero-order chi connectivity index (χ0) is 20.8. The van der Waals surface area contributed by atoms with Gasteiger partial charge in [-0.15, -0.1) is 0 Å². The van der Waals surface area contributed by atoms with Crippen molar-refractivity contribution in [3.8, 4) is 0 Å². The van der Waals surface area contributed by atoms with Crippen molar-refractivity contribution in [1.29, 1.82) is 0 Å². The van der Waals surface area contributed by atoms with Crippen LogP contribution in [0.1, 0.15) is 15.9 Å². The fraction of sp³-hybridized carbons (Fsp3) is 0.200. The number of hydrogen-bond acceptors (Lipinski definition) is 5. The Bertz CT molecular complexity index is 970. The number of nitrogens with one attached hydrogen (secondary N) is 1. The maximum absolute atomic E-state index is 13.0. The minimum atomic E-state index is -0.547. The zero-order valence-corrected chi connectivity index (χ0v) is 16.1. The van der Waals surface area contributed by atoms with Gasteiger partial charge >= 0.3 is 0 Å². The highest BCUT2D eigenvalue weighted by atomic mass is 35.5. The van der Waals surface area contributed by atoms with E-state index in [1.807, 2.05) is 0 Å². The first-order chi connectivity index (χ1) is 14.0. The van der Waals surface area contributed by atoms with Gasteiger partial charge in [-0.1, -0.05) is 35.9 Å². The van der Waals surface area contributed by atoms with E-state index in [2.05, 4.69) is 5.32 Å². The van der Waals surface area contributed by atoms with Crippen molar-refractivity contribution < 1.29 is 19.2 Å². The molecule has 1 aliphatic heterocycles. The first kappa shape index (κ1) is 20.5. The van der Waals surface area contributed by atoms with Crippen molar-refractivity contribution in [1.82, 2.24) is 10.2 Å². The van der Waals surface area contributed by atoms with Crippen LogP contribution < -0.4 is 5.32 Å². The highest BCUT2D eigenvalue weighted by Crippen LogP contribution is 2.18. The van der Waals surface area contributed by atoms with Crippen LogP contribution in [0.4, 0.5) is 5.69 Å². The fourth-order valence-corrected chi connectivity index (χ4v) is 3.04. The molecule has 0 aromatic heterocycles. The molecule has 0 radical (unpaired) electrons. The number of amides is 2. The van der Waals surface area contributed by atoms with E-state index in [4.69, 9.17) is 16.3 Å². The molecule has 0 unspecified atom stereocenters. The van der Waals surface area contributed by atoms with Crippen molar-refractivity contribution in [3.63, 3.8) is 0 Å². The molecule has 1 N–H and O–H groups in total. The van der Waals surface area contributed by atoms with Crippen molar-refractivity contribution >= 4 is 35.2 Å². The molecular formula is C20H18ClN3O5. The molecule has 2 amide bonds. The summed E-state index contributed by atoms with van der Waals surface area (Å²) in [4.78, 5) is 37.7. The number of rotatable bonds is 5. The largest absolute Gasteiger partial charge is 0.378 e. The molecule has 1 fully saturated rings. The van der Waals surface area contributed by atoms with Crippen molar-refractivity contribution in [2.24, 2.45) is 0 Å². The molecule has 2 aromatic rings. The van der Waals surface area contributed by atoms with Crippen molar-refractivity contribution in [2.45, 2.75) is 0 Å². The lowest BCUT2D eigenvalue weighted by Gasteiger charge is -2.28. The number of nitro groups is 1. The third-order valence-corrected chi connectivity index (χ3v) is 4.62. The average Bonchev–Trinajstić information content (AvgIpc) is 2.73. The van der Waals surface area contributed by atoms with E-state index >= 15 is 0 Å². The minimum Gasteiger partial charge on any atom is -0.378 e. The molecule has 0 aliphatic carbocycles. The molecule has 150 valence electrons. The maximum Gasteiger partial charge on any atom is 0.270 e. The zero-order valence-electron chi connectivity index (χ0n) is 15.3. The highest BCUT2D eigenvalue weighted by molar-refractivity contribution is 6.34. The smallest absolute Gasteiger partial charge is 0.270 e. The second-order valence-corrected chi connectivity index (χ2v) is 6.66. The number of carbonyl (C=O) groups is 2. The van der Waals surface area contributed by atoms with Gasteiger partial charge < -0.3 is 15.0 Å². The quantitative estimate of drug-likeness (QED) is 0.459. The Morgan fingerprint density at radius 2 is 1.86 bits per heavy atom. The van der Waals surface area contributed by atoms with Crippen LogP contribution in [0.5, 0.6) is 0 Å². The Morgan fingerprint density at radius 1 is 1.14 bits per heavy atom. The number of carbonyl (C=O) groups excluding carboxylic acids is 2. The summed E-state index contributed by atoms with van der Waals surface area (Å²) in [5, 5.41) is 13.9. The van der Waals surface area contributed by atoms with Gasteiger partial charge in [-0.05, 0) is 23.8 Å². The number of ether oxygens (including phenoxy) is 1. The molecule has 1 aliphatic rings. The van der Waals surface area contributed by atoms with Gasteiger partial charge in [0, 0.05) is 25.2 Å². The third-order valence-electron chi connectivity index (χ3n) is 4.29. The first-order valence-electron chi connectivity index (χ1n) is 8.85. The van der Waals surface area contributed by atoms with E-state index < -0.39 is 16.7 Å². The molecule has 0 spiro atoms. The Kier molecular flexibility index (Phi) is 6.58. The summed E-state index contributed by atoms with van der Waals surface area (Å²) in [5.74, 6) is -0.950. The van der Waals surface area contributed by atoms with Gasteiger partial charge in [-0.25, -0.2) is 0 Å². The average molecular weight is 416 g/mol. The van der Waals surface area contributed by atoms with Gasteiger partial charge in [0.15, 0.2) is 0 Å². The van der Waals surface area contributed by atoms with E-state index in [1.165, 1.54) is 24.3 Å². The number of halogens is 1. The van der Waals surface area contributed by atoms with E-state index in [0.29, 0.717) is 31.9 Å². The molecule has 0 saturated carbocycles. The summed E-state index contributed by atoms with van der Waals surface area (Å²) < 4.78 is 5.26. The molecular weight excluding hydrogens is 398 g/mol. The fourth-order valence-electron chi connectivity index (χ4n) is 2.82. The Hall–Kier alpha value is -3.23. The number of non-ortho nitro benzene ring substituents is 1. The number of nitro benzene ring substituents is 1. The predicted molar refractivity (Wildman–Crippen MR) is 107 cm³/mol. The van der Waals surface area contributed by atoms with E-state index in [0.717, 1.165) is 0 Å². The SMILES string of the molecule is O=C(N/C(=C\c1cccc([N+](=O)[O-])c1)C(=O)N1CCOCC1)c1ccccc1Cl. The Labute approximate surface area is 171 Å². The lowest BCUT2D eigenvalue weighted by atomic mass is 10.1. The standard InChI is InChI=1S/C20H18ClN3O5/c21-17-7-2-1-6-16(17)19(25)22-18(20(26)23-8-10-29-11-9-23)13-14-4-3-5-15(12-14)24(27)28/h1-7,12-13H,8-11H2,(H,22,25)/b18-13-. The molecule has 0 atom stereocenters. The molecule has 1 heterocycles. The minimum absolute atomic E-state index is 0.00248. The van der Waals surface area contributed by atoms with Crippen molar-refractivity contribution in [3.05, 3.63) is 80.5 Å². The van der Waals surface area contributed by atoms with Gasteiger partial charge in [-0.3, -0.25) is 19.7 Å². The number of benzene rings is 2. The first-order valence-corrected chi connectivity index (χ1v) is 9.22. The second-order valence-electron chi connectivity index (χ2n) is 6.25. The van der Waals surface area contributed by atoms with Gasteiger partial charge in [0.1, 0.15) is 5.70 Å². The second kappa shape index (κ2) is 9.31. The summed E-state index contributed by atoms with van der Waals surface area (Å²) in [6, 6.07) is 12.3. The topological polar surface area (TPSA) is 102 Å². The van der Waals surface area contributed by atoms with Gasteiger partial charge in [0.25, 0.3) is 17.5 Å². The van der Waals surface area contributed by atoms with Crippen LogP contribution in [-0.4, -0.2) is 47.9 Å². The van der Waals surface area contributed by atoms with Crippen molar-refractivity contribution in [2.75, 3.05) is 26.3 Å². The molecule has 3 rings (SSSR count). The number of nitrogens with zero attached hydrogens (tertiary/aromatic N) is 2. The lowest BCUT2D eigenvalue weighted by molar-refractivity contribution is -0.384. The molecule has 0 bridgehead atoms. The molecule has 9 heteroatoms. The van der Waals surface area contributed by atoms with Crippen LogP contribution in [0.15, 0.2) is 54.2 Å². The monoisotopic (exact) mass is 415 g/mol. The Balaban J connectivity index is 1.94. The van der Waals surface area contributed by atoms with Gasteiger partial charge in [0.2, 0.25) is 0 Å². The van der Waals surface area contributed by atoms with E-state index in [-0.39, 0.29) is 22.0 Å². The van der Waals surface area contributed by atoms with Crippen LogP contribution in [0.2, 0.25) is 5.02 Å². The molecule has 8 nitrogen and oxygen atoms in total. The van der Waals surface area contributed by atoms with Crippen LogP contribution in [0.3, 0.4) is 0 Å². The summed E-state index contributed by atoms with van der Waals surface area (Å²) in [6.45, 7) is 1.56. The van der Waals surface area contributed by atoms with E-state index in [9.17, 15) is 19.7 Å². The van der Waals surface area contributed by atoms with Gasteiger partial charge in [-0.2, -0.15) is 0 Å². The van der Waals surface area contributed by atoms with Crippen LogP contribution in [0.25, 0.3) is 6.08 Å². The van der Waals surface area contributed by atoms with E-state index in [1.54, 1.807) is 35.2 Å². The molecule has 1 saturated heterocycles. The summed E-state index contributed by atoms with van der Waals surface area (Å²) in [6.07, 6.45) is 1.42. The third kappa shape index (κ3) is 5.18. The van der Waals surface area contributed by atoms with Crippen LogP contribution in [0, 0.1) is 10.1 Å². The molecule has 29 heavy (non-hydrogen) atoms. The van der Waals surface area contributed by atoms with Crippen LogP contribution >= 0.6 is 11.6 Å². The lowest BCUT2D eigenvalue weighted by Crippen LogP contribution is -2.44. The maximum atomic E-state index is 13.0. The van der Waals surface area contributed by atoms with Crippen LogP contribution in [-0.2, 0) is 9.53 Å². The Morgan fingerprint density at radius 3 is 2.55 bits per heavy atom. The number of hydrogen-bond donors (Lipinski definition) is 1. The summed E-state index contributed by atoms with van der Waals surface area (Å²) >= 11 is 6.08. The predicted octanol–water partition coefficient (Wildman–Crippen LogP) is 2.88.